The Balaban J connectivity index is 1.52. The Labute approximate surface area is 191 Å². The number of ether oxygens (including phenoxy) is 3. The first kappa shape index (κ1) is 23.1. The molecule has 0 unspecified atom stereocenters. The molecule has 3 aromatic rings. The summed E-state index contributed by atoms with van der Waals surface area (Å²) in [6, 6.07) is 14.8. The van der Waals surface area contributed by atoms with Crippen molar-refractivity contribution in [2.24, 2.45) is 0 Å². The summed E-state index contributed by atoms with van der Waals surface area (Å²) in [7, 11) is 0. The molecule has 1 aliphatic rings. The molecule has 3 aromatic carbocycles. The van der Waals surface area contributed by atoms with Crippen molar-refractivity contribution < 1.29 is 27.4 Å². The lowest BCUT2D eigenvalue weighted by Crippen LogP contribution is -2.29. The first-order chi connectivity index (χ1) is 16.0. The van der Waals surface area contributed by atoms with E-state index < -0.39 is 17.9 Å². The molecular weight excluding hydrogens is 429 g/mol. The highest BCUT2D eigenvalue weighted by molar-refractivity contribution is 5.71. The van der Waals surface area contributed by atoms with Crippen molar-refractivity contribution in [2.75, 3.05) is 19.8 Å². The molecule has 6 heteroatoms. The van der Waals surface area contributed by atoms with Gasteiger partial charge in [-0.25, -0.2) is 8.78 Å². The minimum absolute atomic E-state index is 0.0981. The van der Waals surface area contributed by atoms with Gasteiger partial charge in [-0.1, -0.05) is 49.9 Å². The molecule has 1 heterocycles. The average Bonchev–Trinajstić information content (AvgIpc) is 2.85. The van der Waals surface area contributed by atoms with Gasteiger partial charge in [0.1, 0.15) is 5.82 Å². The van der Waals surface area contributed by atoms with Gasteiger partial charge in [-0.2, -0.15) is 4.39 Å². The van der Waals surface area contributed by atoms with Gasteiger partial charge in [0.2, 0.25) is 5.82 Å². The predicted octanol–water partition coefficient (Wildman–Crippen LogP) is 6.87. The van der Waals surface area contributed by atoms with Gasteiger partial charge >= 0.3 is 0 Å². The number of hydrogen-bond acceptors (Lipinski definition) is 3. The fourth-order valence-corrected chi connectivity index (χ4v) is 3.79. The molecular formula is C27H25F3O3. The number of rotatable bonds is 7. The van der Waals surface area contributed by atoms with Crippen LogP contribution in [0.4, 0.5) is 13.2 Å². The largest absolute Gasteiger partial charge is 0.490 e. The van der Waals surface area contributed by atoms with E-state index >= 15 is 0 Å². The predicted molar refractivity (Wildman–Crippen MR) is 122 cm³/mol. The van der Waals surface area contributed by atoms with Crippen LogP contribution >= 0.6 is 0 Å². The lowest BCUT2D eigenvalue weighted by Gasteiger charge is -2.28. The van der Waals surface area contributed by atoms with Gasteiger partial charge in [0, 0.05) is 11.5 Å². The summed E-state index contributed by atoms with van der Waals surface area (Å²) >= 11 is 0. The molecule has 0 atom stereocenters. The second-order valence-corrected chi connectivity index (χ2v) is 7.87. The topological polar surface area (TPSA) is 27.7 Å². The van der Waals surface area contributed by atoms with Crippen molar-refractivity contribution in [3.63, 3.8) is 0 Å². The van der Waals surface area contributed by atoms with E-state index in [9.17, 15) is 13.2 Å². The number of benzene rings is 3. The lowest BCUT2D eigenvalue weighted by molar-refractivity contribution is -0.159. The van der Waals surface area contributed by atoms with Gasteiger partial charge in [-0.3, -0.25) is 0 Å². The molecule has 0 aromatic heterocycles. The molecule has 3 nitrogen and oxygen atoms in total. The summed E-state index contributed by atoms with van der Waals surface area (Å²) < 4.78 is 60.0. The first-order valence-electron chi connectivity index (χ1n) is 10.9. The second-order valence-electron chi connectivity index (χ2n) is 7.87. The van der Waals surface area contributed by atoms with Gasteiger partial charge in [0.05, 0.1) is 19.8 Å². The summed E-state index contributed by atoms with van der Waals surface area (Å²) in [6.07, 6.45) is 1.80. The van der Waals surface area contributed by atoms with Crippen LogP contribution in [0.15, 0.2) is 67.3 Å². The van der Waals surface area contributed by atoms with Crippen molar-refractivity contribution in [2.45, 2.75) is 25.6 Å². The van der Waals surface area contributed by atoms with E-state index in [0.717, 1.165) is 5.56 Å². The van der Waals surface area contributed by atoms with E-state index in [1.54, 1.807) is 36.4 Å². The summed E-state index contributed by atoms with van der Waals surface area (Å²) in [6.45, 7) is 6.54. The van der Waals surface area contributed by atoms with E-state index in [2.05, 4.69) is 6.58 Å². The maximum absolute atomic E-state index is 14.8. The lowest BCUT2D eigenvalue weighted by atomic mass is 9.95. The molecule has 0 radical (unpaired) electrons. The van der Waals surface area contributed by atoms with E-state index in [1.807, 2.05) is 13.0 Å². The minimum atomic E-state index is -1.00. The third kappa shape index (κ3) is 4.97. The minimum Gasteiger partial charge on any atom is -0.490 e. The summed E-state index contributed by atoms with van der Waals surface area (Å²) in [5.74, 6) is -2.60. The third-order valence-corrected chi connectivity index (χ3v) is 5.59. The Bertz CT molecular complexity index is 1120. The van der Waals surface area contributed by atoms with E-state index in [0.29, 0.717) is 42.9 Å². The average molecular weight is 454 g/mol. The quantitative estimate of drug-likeness (QED) is 0.365. The van der Waals surface area contributed by atoms with Crippen LogP contribution in [-0.4, -0.2) is 26.1 Å². The standard InChI is InChI=1S/C27H25F3O3/c1-3-13-31-24-12-11-22(26(29)27(24)30)18-7-5-17(6-8-18)19-9-10-21(23(28)14-19)20-15-32-25(4-2)33-16-20/h4-12,14,20,25H,2-3,13,15-16H2,1H3. The Morgan fingerprint density at radius 1 is 0.909 bits per heavy atom. The molecule has 1 fully saturated rings. The van der Waals surface area contributed by atoms with Crippen LogP contribution in [0.1, 0.15) is 24.8 Å². The monoisotopic (exact) mass is 454 g/mol. The van der Waals surface area contributed by atoms with Crippen LogP contribution in [0.25, 0.3) is 22.3 Å². The maximum Gasteiger partial charge on any atom is 0.201 e. The number of hydrogen-bond donors (Lipinski definition) is 0. The molecule has 0 amide bonds. The molecule has 0 bridgehead atoms. The number of halogens is 3. The Kier molecular flexibility index (Phi) is 7.16. The van der Waals surface area contributed by atoms with E-state index in [1.165, 1.54) is 18.2 Å². The van der Waals surface area contributed by atoms with Crippen molar-refractivity contribution in [3.8, 4) is 28.0 Å². The van der Waals surface area contributed by atoms with Crippen molar-refractivity contribution in [1.82, 2.24) is 0 Å². The van der Waals surface area contributed by atoms with Crippen molar-refractivity contribution >= 4 is 0 Å². The summed E-state index contributed by atoms with van der Waals surface area (Å²) in [5, 5.41) is 0. The van der Waals surface area contributed by atoms with Crippen molar-refractivity contribution in [1.29, 1.82) is 0 Å². The fourth-order valence-electron chi connectivity index (χ4n) is 3.79. The molecule has 0 aliphatic carbocycles. The Hall–Kier alpha value is -3.09. The van der Waals surface area contributed by atoms with E-state index in [4.69, 9.17) is 14.2 Å². The molecule has 0 spiro atoms. The second kappa shape index (κ2) is 10.2. The molecule has 1 aliphatic heterocycles. The van der Waals surface area contributed by atoms with Gasteiger partial charge in [-0.05, 0) is 52.9 Å². The zero-order chi connectivity index (χ0) is 23.4. The van der Waals surface area contributed by atoms with Crippen LogP contribution in [0.3, 0.4) is 0 Å². The molecule has 0 saturated carbocycles. The maximum atomic E-state index is 14.8. The highest BCUT2D eigenvalue weighted by atomic mass is 19.2. The Morgan fingerprint density at radius 2 is 1.58 bits per heavy atom. The van der Waals surface area contributed by atoms with Crippen molar-refractivity contribution in [3.05, 3.63) is 90.3 Å². The third-order valence-electron chi connectivity index (χ3n) is 5.59. The SMILES string of the molecule is C=CC1OCC(c2ccc(-c3ccc(-c4ccc(OCCC)c(F)c4F)cc3)cc2F)CO1. The van der Waals surface area contributed by atoms with Gasteiger partial charge in [0.25, 0.3) is 0 Å². The van der Waals surface area contributed by atoms with Gasteiger partial charge in [0.15, 0.2) is 17.9 Å². The summed E-state index contributed by atoms with van der Waals surface area (Å²) in [4.78, 5) is 0. The van der Waals surface area contributed by atoms with Gasteiger partial charge < -0.3 is 14.2 Å². The Morgan fingerprint density at radius 3 is 2.21 bits per heavy atom. The van der Waals surface area contributed by atoms with Crippen LogP contribution < -0.4 is 4.74 Å². The zero-order valence-electron chi connectivity index (χ0n) is 18.3. The normalized spacial score (nSPS) is 18.2. The van der Waals surface area contributed by atoms with E-state index in [-0.39, 0.29) is 23.0 Å². The van der Waals surface area contributed by atoms with Crippen LogP contribution in [0.2, 0.25) is 0 Å². The zero-order valence-corrected chi connectivity index (χ0v) is 18.3. The molecule has 0 N–H and O–H groups in total. The van der Waals surface area contributed by atoms with Gasteiger partial charge in [-0.15, -0.1) is 0 Å². The molecule has 172 valence electrons. The molecule has 4 rings (SSSR count). The molecule has 1 saturated heterocycles. The highest BCUT2D eigenvalue weighted by Crippen LogP contribution is 2.33. The fraction of sp³-hybridized carbons (Fsp3) is 0.259. The van der Waals surface area contributed by atoms with Crippen LogP contribution in [0.5, 0.6) is 5.75 Å². The van der Waals surface area contributed by atoms with Crippen LogP contribution in [0, 0.1) is 17.5 Å². The first-order valence-corrected chi connectivity index (χ1v) is 10.9. The summed E-state index contributed by atoms with van der Waals surface area (Å²) in [5.41, 5.74) is 2.62. The highest BCUT2D eigenvalue weighted by Gasteiger charge is 2.24. The molecule has 33 heavy (non-hydrogen) atoms. The van der Waals surface area contributed by atoms with Crippen LogP contribution in [-0.2, 0) is 9.47 Å². The smallest absolute Gasteiger partial charge is 0.201 e.